The van der Waals surface area contributed by atoms with Gasteiger partial charge >= 0.3 is 11.9 Å². The van der Waals surface area contributed by atoms with E-state index in [1.807, 2.05) is 12.3 Å². The van der Waals surface area contributed by atoms with Gasteiger partial charge in [0.05, 0.1) is 36.3 Å². The van der Waals surface area contributed by atoms with E-state index in [1.54, 1.807) is 35.8 Å². The molecule has 0 aliphatic carbocycles. The highest BCUT2D eigenvalue weighted by Crippen LogP contribution is 2.43. The number of carboxylic acid groups (broad SMARTS) is 1. The number of methoxy groups -OCH3 is 1. The van der Waals surface area contributed by atoms with Crippen LogP contribution in [0, 0.1) is 25.1 Å². The fraction of sp³-hybridized carbons (Fsp3) is 0.562. The quantitative estimate of drug-likeness (QED) is 0.339. The maximum atomic E-state index is 15.9. The summed E-state index contributed by atoms with van der Waals surface area (Å²) in [6.45, 7) is 7.94. The Kier molecular flexibility index (Phi) is 9.65. The molecule has 2 aromatic rings. The maximum Gasteiger partial charge on any atom is 0.338 e. The Labute approximate surface area is 270 Å². The number of aliphatic carboxylic acids is 1. The van der Waals surface area contributed by atoms with E-state index in [9.17, 15) is 19.1 Å². The van der Waals surface area contributed by atoms with Gasteiger partial charge in [0.25, 0.3) is 5.92 Å². The van der Waals surface area contributed by atoms with E-state index in [0.29, 0.717) is 40.6 Å². The maximum absolute atomic E-state index is 15.9. The minimum atomic E-state index is -3.13. The molecule has 4 heterocycles. The number of nitrogens with one attached hydrogen (secondary N) is 1. The predicted octanol–water partition coefficient (Wildman–Crippen LogP) is 4.33. The third-order valence-electron chi connectivity index (χ3n) is 9.23. The number of rotatable bonds is 11. The summed E-state index contributed by atoms with van der Waals surface area (Å²) in [6.07, 6.45) is -0.409. The lowest BCUT2D eigenvalue weighted by Gasteiger charge is -2.35. The van der Waals surface area contributed by atoms with Gasteiger partial charge in [-0.2, -0.15) is 0 Å². The first-order valence-corrected chi connectivity index (χ1v) is 16.1. The molecule has 0 bridgehead atoms. The second-order valence-corrected chi connectivity index (χ2v) is 13.4. The molecule has 4 atom stereocenters. The van der Waals surface area contributed by atoms with Crippen LogP contribution < -0.4 is 5.32 Å². The van der Waals surface area contributed by atoms with Crippen LogP contribution >= 0.6 is 11.3 Å². The molecule has 0 spiro atoms. The largest absolute Gasteiger partial charge is 0.481 e. The number of thiazole rings is 1. The Balaban J connectivity index is 1.53. The fourth-order valence-corrected chi connectivity index (χ4v) is 7.41. The zero-order valence-electron chi connectivity index (χ0n) is 26.8. The van der Waals surface area contributed by atoms with Gasteiger partial charge < -0.3 is 19.9 Å². The zero-order chi connectivity index (χ0) is 33.6. The van der Waals surface area contributed by atoms with Crippen molar-refractivity contribution < 1.29 is 37.3 Å². The van der Waals surface area contributed by atoms with Crippen LogP contribution in [0.5, 0.6) is 0 Å². The minimum absolute atomic E-state index is 0.0244. The summed E-state index contributed by atoms with van der Waals surface area (Å²) >= 11 is 1.34. The first kappa shape index (κ1) is 34.0. The number of hydrogen-bond donors (Lipinski definition) is 2. The Morgan fingerprint density at radius 3 is 2.63 bits per heavy atom. The number of carbonyl (C=O) groups excluding carboxylic acids is 1. The van der Waals surface area contributed by atoms with Crippen LogP contribution in [-0.2, 0) is 19.1 Å². The Bertz CT molecular complexity index is 1560. The SMILES string of the molecule is CCOC(=O)C1=C(CN2CC(F)(F)[C@H]3[C@@H]2CCN3C[C@@H](OC)C(C)(C)C(=O)O)NC(c2nc(C)cs2)=N[C@H]1c1cccc(F)c1C. The van der Waals surface area contributed by atoms with Gasteiger partial charge in [-0.3, -0.25) is 19.6 Å². The number of fused-ring (bicyclic) bond motifs is 1. The number of halogens is 3. The van der Waals surface area contributed by atoms with Crippen molar-refractivity contribution in [3.8, 4) is 0 Å². The Hall–Kier alpha value is -3.33. The molecule has 0 saturated carbocycles. The number of carboxylic acids is 1. The standard InChI is InChI=1S/C32H40F3N5O5S/c1-7-45-29(41)24-21(37-27(28-36-17(2)15-46-28)38-25(24)19-9-8-10-20(33)18(19)3)13-40-16-32(34,35)26-22(40)11-12-39(26)14-23(44-6)31(4,5)30(42)43/h8-10,15,22-23,25-26H,7,11-14,16H2,1-6H3,(H,37,38)(H,42,43)/t22-,23+,25-,26+/m0/s1. The smallest absolute Gasteiger partial charge is 0.338 e. The van der Waals surface area contributed by atoms with Crippen LogP contribution in [0.2, 0.25) is 0 Å². The topological polar surface area (TPSA) is 117 Å². The highest BCUT2D eigenvalue weighted by molar-refractivity contribution is 7.11. The van der Waals surface area contributed by atoms with Crippen LogP contribution in [-0.4, -0.2) is 102 Å². The van der Waals surface area contributed by atoms with E-state index in [1.165, 1.54) is 38.4 Å². The predicted molar refractivity (Wildman–Crippen MR) is 167 cm³/mol. The van der Waals surface area contributed by atoms with Gasteiger partial charge in [-0.1, -0.05) is 12.1 Å². The first-order valence-electron chi connectivity index (χ1n) is 15.2. The van der Waals surface area contributed by atoms with Crippen molar-refractivity contribution in [3.05, 3.63) is 62.5 Å². The molecule has 250 valence electrons. The number of alkyl halides is 2. The summed E-state index contributed by atoms with van der Waals surface area (Å²) in [5.41, 5.74) is 0.692. The van der Waals surface area contributed by atoms with Gasteiger partial charge in [-0.15, -0.1) is 11.3 Å². The van der Waals surface area contributed by atoms with E-state index in [2.05, 4.69) is 10.3 Å². The molecule has 0 unspecified atom stereocenters. The molecule has 5 rings (SSSR count). The number of hydrogen-bond acceptors (Lipinski definition) is 10. The molecule has 2 N–H and O–H groups in total. The van der Waals surface area contributed by atoms with E-state index < -0.39 is 59.9 Å². The summed E-state index contributed by atoms with van der Waals surface area (Å²) in [5, 5.41) is 15.4. The molecule has 14 heteroatoms. The fourth-order valence-electron chi connectivity index (χ4n) is 6.67. The molecule has 10 nitrogen and oxygen atoms in total. The van der Waals surface area contributed by atoms with Crippen molar-refractivity contribution in [3.63, 3.8) is 0 Å². The number of aryl methyl sites for hydroxylation is 1. The molecule has 2 saturated heterocycles. The van der Waals surface area contributed by atoms with Crippen LogP contribution in [0.4, 0.5) is 13.2 Å². The lowest BCUT2D eigenvalue weighted by Crippen LogP contribution is -2.52. The van der Waals surface area contributed by atoms with E-state index in [0.717, 1.165) is 5.69 Å². The van der Waals surface area contributed by atoms with Gasteiger partial charge in [-0.05, 0) is 58.2 Å². The number of carbonyl (C=O) groups is 2. The van der Waals surface area contributed by atoms with Crippen molar-refractivity contribution in [1.29, 1.82) is 0 Å². The lowest BCUT2D eigenvalue weighted by atomic mass is 9.86. The number of esters is 1. The minimum Gasteiger partial charge on any atom is -0.481 e. The average Bonchev–Trinajstić information content (AvgIpc) is 3.69. The number of aliphatic imine (C=N–C) groups is 1. The first-order chi connectivity index (χ1) is 21.7. The molecular weight excluding hydrogens is 623 g/mol. The second-order valence-electron chi connectivity index (χ2n) is 12.6. The Morgan fingerprint density at radius 1 is 1.26 bits per heavy atom. The van der Waals surface area contributed by atoms with Crippen LogP contribution in [0.15, 0.2) is 39.8 Å². The van der Waals surface area contributed by atoms with Crippen molar-refractivity contribution in [1.82, 2.24) is 20.1 Å². The Morgan fingerprint density at radius 2 is 2.00 bits per heavy atom. The summed E-state index contributed by atoms with van der Waals surface area (Å²) in [4.78, 5) is 38.2. The zero-order valence-corrected chi connectivity index (χ0v) is 27.6. The molecule has 0 radical (unpaired) electrons. The van der Waals surface area contributed by atoms with Gasteiger partial charge in [0.2, 0.25) is 0 Å². The highest BCUT2D eigenvalue weighted by Gasteiger charge is 2.60. The molecule has 1 aromatic carbocycles. The van der Waals surface area contributed by atoms with Crippen LogP contribution in [0.1, 0.15) is 55.1 Å². The van der Waals surface area contributed by atoms with Crippen LogP contribution in [0.3, 0.4) is 0 Å². The number of benzene rings is 1. The van der Waals surface area contributed by atoms with Gasteiger partial charge in [0.15, 0.2) is 10.8 Å². The van der Waals surface area contributed by atoms with Gasteiger partial charge in [-0.25, -0.2) is 22.9 Å². The van der Waals surface area contributed by atoms with Crippen molar-refractivity contribution in [2.24, 2.45) is 10.4 Å². The molecule has 1 aromatic heterocycles. The summed E-state index contributed by atoms with van der Waals surface area (Å²) in [7, 11) is 1.39. The number of amidine groups is 1. The summed E-state index contributed by atoms with van der Waals surface area (Å²) < 4.78 is 57.5. The number of nitrogens with zero attached hydrogens (tertiary/aromatic N) is 4. The van der Waals surface area contributed by atoms with Crippen molar-refractivity contribution in [2.75, 3.05) is 39.9 Å². The molecule has 3 aliphatic heterocycles. The second kappa shape index (κ2) is 13.1. The van der Waals surface area contributed by atoms with Gasteiger partial charge in [0.1, 0.15) is 11.9 Å². The van der Waals surface area contributed by atoms with Crippen LogP contribution in [0.25, 0.3) is 0 Å². The normalized spacial score (nSPS) is 24.0. The third kappa shape index (κ3) is 6.32. The van der Waals surface area contributed by atoms with E-state index in [4.69, 9.17) is 14.5 Å². The number of ether oxygens (including phenoxy) is 2. The molecule has 3 aliphatic rings. The third-order valence-corrected chi connectivity index (χ3v) is 10.2. The summed E-state index contributed by atoms with van der Waals surface area (Å²) in [6, 6.07) is 1.83. The molecular formula is C32H40F3N5O5S. The summed E-state index contributed by atoms with van der Waals surface area (Å²) in [5.74, 6) is -4.99. The lowest BCUT2D eigenvalue weighted by molar-refractivity contribution is -0.157. The molecule has 0 amide bonds. The molecule has 2 fully saturated rings. The number of aromatic nitrogens is 1. The number of likely N-dealkylation sites (tertiary alicyclic amines) is 2. The van der Waals surface area contributed by atoms with Gasteiger partial charge in [0, 0.05) is 49.6 Å². The molecule has 46 heavy (non-hydrogen) atoms. The van der Waals surface area contributed by atoms with Crippen molar-refractivity contribution >= 4 is 29.1 Å². The average molecular weight is 664 g/mol. The van der Waals surface area contributed by atoms with E-state index >= 15 is 8.78 Å². The van der Waals surface area contributed by atoms with E-state index in [-0.39, 0.29) is 25.3 Å². The monoisotopic (exact) mass is 663 g/mol. The van der Waals surface area contributed by atoms with Crippen molar-refractivity contribution in [2.45, 2.75) is 71.2 Å². The highest BCUT2D eigenvalue weighted by atomic mass is 32.1.